The van der Waals surface area contributed by atoms with E-state index in [1.807, 2.05) is 12.1 Å². The summed E-state index contributed by atoms with van der Waals surface area (Å²) in [6, 6.07) is 6.12. The minimum Gasteiger partial charge on any atom is -0.449 e. The van der Waals surface area contributed by atoms with Crippen LogP contribution in [0.25, 0.3) is 0 Å². The minimum atomic E-state index is 0.724. The molecule has 0 fully saturated rings. The van der Waals surface area contributed by atoms with Gasteiger partial charge in [-0.3, -0.25) is 0 Å². The molecule has 20 heavy (non-hydrogen) atoms. The van der Waals surface area contributed by atoms with Crippen molar-refractivity contribution in [2.75, 3.05) is 0 Å². The lowest BCUT2D eigenvalue weighted by Crippen LogP contribution is -1.87. The van der Waals surface area contributed by atoms with Crippen LogP contribution in [0.15, 0.2) is 21.5 Å². The third kappa shape index (κ3) is 2.81. The summed E-state index contributed by atoms with van der Waals surface area (Å²) in [5, 5.41) is 10.2. The molecule has 0 spiro atoms. The summed E-state index contributed by atoms with van der Waals surface area (Å²) >= 11 is 3.79. The van der Waals surface area contributed by atoms with Crippen molar-refractivity contribution in [2.24, 2.45) is 4.99 Å². The standard InChI is InChI=1S/C15H13IN2OS/c16-14-7-6-10(19-14)9-18-15-12(8-17)11-4-2-1-3-5-13(11)20-15/h6-7,9H,1-5H2. The Morgan fingerprint density at radius 2 is 2.15 bits per heavy atom. The summed E-state index contributed by atoms with van der Waals surface area (Å²) in [5.74, 6) is 0.724. The lowest BCUT2D eigenvalue weighted by molar-refractivity contribution is 0.531. The van der Waals surface area contributed by atoms with Gasteiger partial charge in [-0.1, -0.05) is 6.42 Å². The number of thiophene rings is 1. The fourth-order valence-electron chi connectivity index (χ4n) is 2.45. The number of rotatable bonds is 2. The molecule has 0 amide bonds. The van der Waals surface area contributed by atoms with Crippen molar-refractivity contribution in [3.8, 4) is 6.07 Å². The van der Waals surface area contributed by atoms with Crippen LogP contribution in [0.2, 0.25) is 0 Å². The minimum absolute atomic E-state index is 0.724. The Bertz CT molecular complexity index is 693. The zero-order valence-electron chi connectivity index (χ0n) is 10.9. The van der Waals surface area contributed by atoms with Crippen molar-refractivity contribution in [3.05, 3.63) is 37.7 Å². The van der Waals surface area contributed by atoms with Crippen LogP contribution in [0.4, 0.5) is 5.00 Å². The maximum Gasteiger partial charge on any atom is 0.164 e. The molecule has 102 valence electrons. The van der Waals surface area contributed by atoms with E-state index >= 15 is 0 Å². The summed E-state index contributed by atoms with van der Waals surface area (Å²) < 4.78 is 6.30. The van der Waals surface area contributed by atoms with Crippen LogP contribution >= 0.6 is 33.9 Å². The predicted molar refractivity (Wildman–Crippen MR) is 89.0 cm³/mol. The smallest absolute Gasteiger partial charge is 0.164 e. The number of hydrogen-bond acceptors (Lipinski definition) is 4. The normalized spacial score (nSPS) is 15.0. The van der Waals surface area contributed by atoms with Gasteiger partial charge < -0.3 is 4.42 Å². The molecule has 1 aliphatic rings. The molecule has 0 saturated heterocycles. The Kier molecular flexibility index (Phi) is 4.22. The molecule has 2 aromatic heterocycles. The van der Waals surface area contributed by atoms with Gasteiger partial charge in [-0.15, -0.1) is 11.3 Å². The maximum absolute atomic E-state index is 9.41. The number of furan rings is 1. The van der Waals surface area contributed by atoms with Gasteiger partial charge in [-0.25, -0.2) is 4.99 Å². The molecule has 0 unspecified atom stereocenters. The quantitative estimate of drug-likeness (QED) is 0.415. The second-order valence-corrected chi connectivity index (χ2v) is 6.90. The molecule has 0 N–H and O–H groups in total. The lowest BCUT2D eigenvalue weighted by Gasteiger charge is -1.96. The maximum atomic E-state index is 9.41. The Morgan fingerprint density at radius 3 is 2.90 bits per heavy atom. The average Bonchev–Trinajstić information content (AvgIpc) is 2.92. The van der Waals surface area contributed by atoms with E-state index < -0.39 is 0 Å². The van der Waals surface area contributed by atoms with E-state index in [-0.39, 0.29) is 0 Å². The number of halogens is 1. The highest BCUT2D eigenvalue weighted by Gasteiger charge is 2.19. The van der Waals surface area contributed by atoms with E-state index in [2.05, 4.69) is 33.7 Å². The summed E-state index contributed by atoms with van der Waals surface area (Å²) in [4.78, 5) is 5.82. The molecule has 0 radical (unpaired) electrons. The molecule has 3 rings (SSSR count). The zero-order chi connectivity index (χ0) is 13.9. The van der Waals surface area contributed by atoms with Crippen LogP contribution < -0.4 is 0 Å². The molecule has 2 heterocycles. The van der Waals surface area contributed by atoms with Gasteiger partial charge in [-0.05, 0) is 66.0 Å². The van der Waals surface area contributed by atoms with Gasteiger partial charge in [0.1, 0.15) is 16.8 Å². The molecule has 0 saturated carbocycles. The van der Waals surface area contributed by atoms with Crippen molar-refractivity contribution in [1.82, 2.24) is 0 Å². The number of aliphatic imine (C=N–C) groups is 1. The molecule has 5 heteroatoms. The molecule has 0 bridgehead atoms. The van der Waals surface area contributed by atoms with E-state index in [1.165, 1.54) is 29.7 Å². The molecule has 0 aliphatic heterocycles. The number of nitriles is 1. The van der Waals surface area contributed by atoms with Crippen molar-refractivity contribution in [3.63, 3.8) is 0 Å². The molecule has 0 atom stereocenters. The SMILES string of the molecule is N#Cc1c(N=Cc2ccc(I)o2)sc2c1CCCCC2. The third-order valence-corrected chi connectivity index (χ3v) is 5.20. The van der Waals surface area contributed by atoms with Crippen LogP contribution in [0.5, 0.6) is 0 Å². The number of aryl methyl sites for hydroxylation is 1. The van der Waals surface area contributed by atoms with Crippen molar-refractivity contribution < 1.29 is 4.42 Å². The molecule has 1 aliphatic carbocycles. The van der Waals surface area contributed by atoms with Crippen LogP contribution in [-0.2, 0) is 12.8 Å². The van der Waals surface area contributed by atoms with Crippen molar-refractivity contribution in [1.29, 1.82) is 5.26 Å². The Hall–Kier alpha value is -1.13. The first-order valence-electron chi connectivity index (χ1n) is 6.62. The van der Waals surface area contributed by atoms with E-state index in [4.69, 9.17) is 4.42 Å². The number of nitrogens with zero attached hydrogens (tertiary/aromatic N) is 2. The Balaban J connectivity index is 1.94. The van der Waals surface area contributed by atoms with E-state index in [0.29, 0.717) is 0 Å². The Morgan fingerprint density at radius 1 is 1.30 bits per heavy atom. The summed E-state index contributed by atoms with van der Waals surface area (Å²) in [7, 11) is 0. The van der Waals surface area contributed by atoms with E-state index in [1.54, 1.807) is 17.6 Å². The summed E-state index contributed by atoms with van der Waals surface area (Å²) in [6.45, 7) is 0. The average molecular weight is 396 g/mol. The fourth-order valence-corrected chi connectivity index (χ4v) is 4.07. The molecule has 2 aromatic rings. The van der Waals surface area contributed by atoms with Crippen LogP contribution in [0, 0.1) is 15.1 Å². The fraction of sp³-hybridized carbons (Fsp3) is 0.333. The summed E-state index contributed by atoms with van der Waals surface area (Å²) in [5.41, 5.74) is 2.00. The monoisotopic (exact) mass is 396 g/mol. The first-order chi connectivity index (χ1) is 9.78. The van der Waals surface area contributed by atoms with Crippen LogP contribution in [0.1, 0.15) is 41.0 Å². The van der Waals surface area contributed by atoms with Gasteiger partial charge in [0, 0.05) is 4.88 Å². The third-order valence-electron chi connectivity index (χ3n) is 3.42. The highest BCUT2D eigenvalue weighted by atomic mass is 127. The largest absolute Gasteiger partial charge is 0.449 e. The van der Waals surface area contributed by atoms with Gasteiger partial charge in [0.05, 0.1) is 11.8 Å². The molecular weight excluding hydrogens is 383 g/mol. The first kappa shape index (κ1) is 13.8. The van der Waals surface area contributed by atoms with Crippen molar-refractivity contribution in [2.45, 2.75) is 32.1 Å². The van der Waals surface area contributed by atoms with Gasteiger partial charge in [-0.2, -0.15) is 5.26 Å². The first-order valence-corrected chi connectivity index (χ1v) is 8.51. The highest BCUT2D eigenvalue weighted by molar-refractivity contribution is 14.1. The van der Waals surface area contributed by atoms with Gasteiger partial charge >= 0.3 is 0 Å². The summed E-state index contributed by atoms with van der Waals surface area (Å²) in [6.07, 6.45) is 7.46. The highest BCUT2D eigenvalue weighted by Crippen LogP contribution is 2.38. The molecule has 3 nitrogen and oxygen atoms in total. The number of hydrogen-bond donors (Lipinski definition) is 0. The van der Waals surface area contributed by atoms with Crippen LogP contribution in [0.3, 0.4) is 0 Å². The number of fused-ring (bicyclic) bond motifs is 1. The molecule has 0 aromatic carbocycles. The van der Waals surface area contributed by atoms with Gasteiger partial charge in [0.2, 0.25) is 0 Å². The van der Waals surface area contributed by atoms with Crippen LogP contribution in [-0.4, -0.2) is 6.21 Å². The van der Waals surface area contributed by atoms with Crippen molar-refractivity contribution >= 4 is 45.1 Å². The van der Waals surface area contributed by atoms with Gasteiger partial charge in [0.15, 0.2) is 3.77 Å². The van der Waals surface area contributed by atoms with E-state index in [9.17, 15) is 5.26 Å². The topological polar surface area (TPSA) is 49.3 Å². The zero-order valence-corrected chi connectivity index (χ0v) is 13.8. The van der Waals surface area contributed by atoms with E-state index in [0.717, 1.165) is 32.9 Å². The molecular formula is C15H13IN2OS. The second-order valence-electron chi connectivity index (χ2n) is 4.76. The predicted octanol–water partition coefficient (Wildman–Crippen LogP) is 4.84. The van der Waals surface area contributed by atoms with Gasteiger partial charge in [0.25, 0.3) is 0 Å². The lowest BCUT2D eigenvalue weighted by atomic mass is 10.1. The Labute approximate surface area is 135 Å². The second kappa shape index (κ2) is 6.10.